The fourth-order valence-electron chi connectivity index (χ4n) is 0.868. The molecule has 0 radical (unpaired) electrons. The predicted octanol–water partition coefficient (Wildman–Crippen LogP) is 3.11. The van der Waals surface area contributed by atoms with Gasteiger partial charge in [-0.1, -0.05) is 28.9 Å². The maximum absolute atomic E-state index is 7.26. The van der Waals surface area contributed by atoms with Gasteiger partial charge in [0.1, 0.15) is 0 Å². The highest BCUT2D eigenvalue weighted by Crippen LogP contribution is 2.23. The van der Waals surface area contributed by atoms with Crippen molar-refractivity contribution in [1.82, 2.24) is 0 Å². The zero-order valence-electron chi connectivity index (χ0n) is 7.96. The lowest BCUT2D eigenvalue weighted by Gasteiger charge is -2.08. The van der Waals surface area contributed by atoms with Crippen molar-refractivity contribution in [2.75, 3.05) is 5.75 Å². The van der Waals surface area contributed by atoms with E-state index in [0.717, 1.165) is 10.2 Å². The van der Waals surface area contributed by atoms with Gasteiger partial charge in [-0.25, -0.2) is 0 Å². The molecule has 76 valence electrons. The Morgan fingerprint density at radius 2 is 2.36 bits per heavy atom. The standard InChI is InChI=1S/C10H13BrN2S/c1-7(10(12)13)6-14-9-4-2-3-8(11)5-9/h2-5,7H,6H2,1H3,(H3,12,13). The van der Waals surface area contributed by atoms with E-state index in [0.29, 0.717) is 0 Å². The highest BCUT2D eigenvalue weighted by Gasteiger charge is 2.05. The lowest BCUT2D eigenvalue weighted by Crippen LogP contribution is -2.21. The van der Waals surface area contributed by atoms with Crippen molar-refractivity contribution in [2.45, 2.75) is 11.8 Å². The van der Waals surface area contributed by atoms with E-state index in [1.54, 1.807) is 11.8 Å². The highest BCUT2D eigenvalue weighted by molar-refractivity contribution is 9.10. The molecule has 0 saturated carbocycles. The van der Waals surface area contributed by atoms with Crippen LogP contribution < -0.4 is 5.73 Å². The van der Waals surface area contributed by atoms with Gasteiger partial charge in [0.05, 0.1) is 5.84 Å². The lowest BCUT2D eigenvalue weighted by molar-refractivity contribution is 0.879. The van der Waals surface area contributed by atoms with Crippen molar-refractivity contribution in [3.8, 4) is 0 Å². The van der Waals surface area contributed by atoms with Gasteiger partial charge in [-0.15, -0.1) is 11.8 Å². The normalized spacial score (nSPS) is 12.4. The van der Waals surface area contributed by atoms with Crippen molar-refractivity contribution >= 4 is 33.5 Å². The summed E-state index contributed by atoms with van der Waals surface area (Å²) in [6.45, 7) is 1.97. The predicted molar refractivity (Wildman–Crippen MR) is 65.9 cm³/mol. The summed E-state index contributed by atoms with van der Waals surface area (Å²) in [5, 5.41) is 7.26. The number of halogens is 1. The average Bonchev–Trinajstić information content (AvgIpc) is 2.14. The third-order valence-corrected chi connectivity index (χ3v) is 3.57. The molecule has 1 atom stereocenters. The molecule has 1 aromatic rings. The van der Waals surface area contributed by atoms with Crippen molar-refractivity contribution in [3.63, 3.8) is 0 Å². The molecule has 1 unspecified atom stereocenters. The number of hydrogen-bond acceptors (Lipinski definition) is 2. The summed E-state index contributed by atoms with van der Waals surface area (Å²) in [4.78, 5) is 1.20. The number of thioether (sulfide) groups is 1. The van der Waals surface area contributed by atoms with Crippen LogP contribution in [0.25, 0.3) is 0 Å². The molecule has 0 aliphatic heterocycles. The first-order valence-corrected chi connectivity index (χ1v) is 6.09. The second kappa shape index (κ2) is 5.41. The van der Waals surface area contributed by atoms with Gasteiger partial charge in [-0.05, 0) is 18.2 Å². The molecule has 0 saturated heterocycles. The van der Waals surface area contributed by atoms with Crippen LogP contribution in [0.5, 0.6) is 0 Å². The van der Waals surface area contributed by atoms with E-state index in [2.05, 4.69) is 28.1 Å². The van der Waals surface area contributed by atoms with Crippen LogP contribution >= 0.6 is 27.7 Å². The monoisotopic (exact) mass is 272 g/mol. The second-order valence-corrected chi connectivity index (χ2v) is 5.13. The minimum Gasteiger partial charge on any atom is -0.387 e. The van der Waals surface area contributed by atoms with Gasteiger partial charge in [0.2, 0.25) is 0 Å². The second-order valence-electron chi connectivity index (χ2n) is 3.12. The van der Waals surface area contributed by atoms with Crippen molar-refractivity contribution in [2.24, 2.45) is 11.7 Å². The average molecular weight is 273 g/mol. The van der Waals surface area contributed by atoms with Crippen LogP contribution in [0.1, 0.15) is 6.92 Å². The first kappa shape index (κ1) is 11.6. The number of benzene rings is 1. The summed E-state index contributed by atoms with van der Waals surface area (Å²) >= 11 is 5.14. The van der Waals surface area contributed by atoms with Crippen molar-refractivity contribution < 1.29 is 0 Å². The third kappa shape index (κ3) is 3.72. The minimum atomic E-state index is 0.138. The molecule has 3 N–H and O–H groups in total. The molecule has 4 heteroatoms. The molecule has 0 spiro atoms. The fraction of sp³-hybridized carbons (Fsp3) is 0.300. The van der Waals surface area contributed by atoms with Gasteiger partial charge >= 0.3 is 0 Å². The maximum Gasteiger partial charge on any atom is 0.0942 e. The molecule has 0 aliphatic rings. The summed E-state index contributed by atoms with van der Waals surface area (Å²) in [5.41, 5.74) is 5.39. The third-order valence-electron chi connectivity index (χ3n) is 1.83. The Hall–Kier alpha value is -0.480. The van der Waals surface area contributed by atoms with E-state index in [-0.39, 0.29) is 11.8 Å². The molecule has 1 rings (SSSR count). The first-order valence-electron chi connectivity index (χ1n) is 4.32. The molecule has 0 aliphatic carbocycles. The van der Waals surface area contributed by atoms with Crippen LogP contribution in [0, 0.1) is 11.3 Å². The number of nitrogens with two attached hydrogens (primary N) is 1. The van der Waals surface area contributed by atoms with Crippen LogP contribution in [0.4, 0.5) is 0 Å². The quantitative estimate of drug-likeness (QED) is 0.503. The number of hydrogen-bond donors (Lipinski definition) is 2. The van der Waals surface area contributed by atoms with Gasteiger partial charge in [-0.2, -0.15) is 0 Å². The Bertz CT molecular complexity index is 328. The van der Waals surface area contributed by atoms with E-state index in [1.807, 2.05) is 19.1 Å². The summed E-state index contributed by atoms with van der Waals surface area (Å²) in [7, 11) is 0. The largest absolute Gasteiger partial charge is 0.387 e. The van der Waals surface area contributed by atoms with E-state index < -0.39 is 0 Å². The SMILES string of the molecule is CC(CSc1cccc(Br)c1)C(=N)N. The lowest BCUT2D eigenvalue weighted by atomic mass is 10.2. The molecule has 0 fully saturated rings. The number of rotatable bonds is 4. The Morgan fingerprint density at radius 3 is 2.93 bits per heavy atom. The summed E-state index contributed by atoms with van der Waals surface area (Å²) < 4.78 is 1.08. The van der Waals surface area contributed by atoms with Gasteiger partial charge < -0.3 is 5.73 Å². The highest BCUT2D eigenvalue weighted by atomic mass is 79.9. The van der Waals surface area contributed by atoms with Crippen molar-refractivity contribution in [3.05, 3.63) is 28.7 Å². The van der Waals surface area contributed by atoms with Gasteiger partial charge in [0.15, 0.2) is 0 Å². The summed E-state index contributed by atoms with van der Waals surface area (Å²) in [6, 6.07) is 8.13. The van der Waals surface area contributed by atoms with Crippen molar-refractivity contribution in [1.29, 1.82) is 5.41 Å². The molecule has 14 heavy (non-hydrogen) atoms. The van der Waals surface area contributed by atoms with E-state index in [9.17, 15) is 0 Å². The van der Waals surface area contributed by atoms with Crippen LogP contribution in [0.3, 0.4) is 0 Å². The molecule has 0 amide bonds. The van der Waals surface area contributed by atoms with E-state index >= 15 is 0 Å². The van der Waals surface area contributed by atoms with Crippen LogP contribution in [-0.4, -0.2) is 11.6 Å². The van der Waals surface area contributed by atoms with Gasteiger partial charge in [0.25, 0.3) is 0 Å². The molecule has 1 aromatic carbocycles. The molecular weight excluding hydrogens is 260 g/mol. The summed E-state index contributed by atoms with van der Waals surface area (Å²) in [6.07, 6.45) is 0. The molecule has 0 bridgehead atoms. The minimum absolute atomic E-state index is 0.138. The number of amidine groups is 1. The fourth-order valence-corrected chi connectivity index (χ4v) is 2.43. The molecule has 0 aromatic heterocycles. The maximum atomic E-state index is 7.26. The molecule has 0 heterocycles. The zero-order valence-corrected chi connectivity index (χ0v) is 10.4. The Morgan fingerprint density at radius 1 is 1.64 bits per heavy atom. The first-order chi connectivity index (χ1) is 6.59. The van der Waals surface area contributed by atoms with Gasteiger partial charge in [-0.3, -0.25) is 5.41 Å². The van der Waals surface area contributed by atoms with Crippen LogP contribution in [0.2, 0.25) is 0 Å². The van der Waals surface area contributed by atoms with Crippen LogP contribution in [0.15, 0.2) is 33.6 Å². The number of nitrogens with one attached hydrogen (secondary N) is 1. The smallest absolute Gasteiger partial charge is 0.0942 e. The Kier molecular flexibility index (Phi) is 4.48. The van der Waals surface area contributed by atoms with E-state index in [4.69, 9.17) is 11.1 Å². The van der Waals surface area contributed by atoms with E-state index in [1.165, 1.54) is 4.90 Å². The summed E-state index contributed by atoms with van der Waals surface area (Å²) in [5.74, 6) is 1.25. The van der Waals surface area contributed by atoms with Crippen LogP contribution in [-0.2, 0) is 0 Å². The van der Waals surface area contributed by atoms with Gasteiger partial charge in [0, 0.05) is 21.0 Å². The topological polar surface area (TPSA) is 49.9 Å². The Labute approximate surface area is 96.9 Å². The molecule has 2 nitrogen and oxygen atoms in total. The Balaban J connectivity index is 2.49. The zero-order chi connectivity index (χ0) is 10.6. The molecular formula is C10H13BrN2S.